The second-order valence-electron chi connectivity index (χ2n) is 3.72. The molecule has 0 aromatic heterocycles. The van der Waals surface area contributed by atoms with E-state index in [2.05, 4.69) is 6.92 Å². The van der Waals surface area contributed by atoms with Crippen molar-refractivity contribution in [3.63, 3.8) is 0 Å². The number of thioether (sulfide) groups is 1. The van der Waals surface area contributed by atoms with E-state index in [1.54, 1.807) is 6.07 Å². The van der Waals surface area contributed by atoms with E-state index in [9.17, 15) is 8.42 Å². The van der Waals surface area contributed by atoms with Crippen LogP contribution in [0.25, 0.3) is 0 Å². The summed E-state index contributed by atoms with van der Waals surface area (Å²) in [6, 6.07) is 5.00. The Morgan fingerprint density at radius 1 is 1.44 bits per heavy atom. The Morgan fingerprint density at radius 3 is 2.61 bits per heavy atom. The first kappa shape index (κ1) is 14.8. The van der Waals surface area contributed by atoms with Gasteiger partial charge in [-0.15, -0.1) is 11.8 Å². The monoisotopic (exact) mass is 285 g/mol. The summed E-state index contributed by atoms with van der Waals surface area (Å²) in [5.41, 5.74) is 5.64. The third-order valence-electron chi connectivity index (χ3n) is 2.30. The summed E-state index contributed by atoms with van der Waals surface area (Å²) in [4.78, 5) is 0.329. The molecule has 0 heterocycles. The Balaban J connectivity index is 3.28. The molecule has 0 fully saturated rings. The lowest BCUT2D eigenvalue weighted by atomic mass is 10.2. The molecule has 1 aromatic rings. The highest BCUT2D eigenvalue weighted by Gasteiger charge is 2.21. The summed E-state index contributed by atoms with van der Waals surface area (Å²) in [5, 5.41) is 14.2. The third kappa shape index (κ3) is 3.38. The number of rotatable bonds is 5. The van der Waals surface area contributed by atoms with Crippen molar-refractivity contribution in [1.82, 2.24) is 0 Å². The van der Waals surface area contributed by atoms with Crippen molar-refractivity contribution in [3.8, 4) is 6.07 Å². The Labute approximate surface area is 111 Å². The second-order valence-corrected chi connectivity index (χ2v) is 6.35. The lowest BCUT2D eigenvalue weighted by Crippen LogP contribution is -2.16. The molecule has 0 atom stereocenters. The van der Waals surface area contributed by atoms with Gasteiger partial charge in [0.25, 0.3) is 0 Å². The number of nitrogen functional groups attached to an aromatic ring is 1. The van der Waals surface area contributed by atoms with Crippen LogP contribution in [-0.4, -0.2) is 14.2 Å². The molecule has 98 valence electrons. The number of nitriles is 1. The predicted molar refractivity (Wildman–Crippen MR) is 72.6 cm³/mol. The molecule has 0 unspecified atom stereocenters. The van der Waals surface area contributed by atoms with Crippen LogP contribution < -0.4 is 10.9 Å². The maximum absolute atomic E-state index is 11.5. The van der Waals surface area contributed by atoms with Gasteiger partial charge in [0.05, 0.1) is 11.3 Å². The van der Waals surface area contributed by atoms with Gasteiger partial charge < -0.3 is 5.73 Å². The van der Waals surface area contributed by atoms with Crippen molar-refractivity contribution < 1.29 is 8.42 Å². The van der Waals surface area contributed by atoms with Gasteiger partial charge in [-0.05, 0) is 24.3 Å². The lowest BCUT2D eigenvalue weighted by molar-refractivity contribution is 0.597. The molecule has 7 heteroatoms. The van der Waals surface area contributed by atoms with E-state index in [-0.39, 0.29) is 16.1 Å². The van der Waals surface area contributed by atoms with E-state index in [1.165, 1.54) is 17.8 Å². The standard InChI is InChI=1S/C11H15N3O2S2/c1-2-3-6-17-10-5-4-9(13)11(8(10)7-12)18(14,15)16/h4-5H,2-3,6,13H2,1H3,(H2,14,15,16). The van der Waals surface area contributed by atoms with E-state index < -0.39 is 10.0 Å². The number of nitrogens with zero attached hydrogens (tertiary/aromatic N) is 1. The molecule has 0 amide bonds. The minimum Gasteiger partial charge on any atom is -0.398 e. The van der Waals surface area contributed by atoms with Crippen molar-refractivity contribution >= 4 is 27.5 Å². The summed E-state index contributed by atoms with van der Waals surface area (Å²) in [6.07, 6.45) is 2.02. The van der Waals surface area contributed by atoms with Gasteiger partial charge in [0.2, 0.25) is 10.0 Å². The van der Waals surface area contributed by atoms with Crippen LogP contribution in [-0.2, 0) is 10.0 Å². The maximum atomic E-state index is 11.5. The SMILES string of the molecule is CCCCSc1ccc(N)c(S(N)(=O)=O)c1C#N. The average Bonchev–Trinajstić information content (AvgIpc) is 2.29. The Bertz CT molecular complexity index is 577. The predicted octanol–water partition coefficient (Wildman–Crippen LogP) is 1.68. The number of sulfonamides is 1. The number of nitrogens with two attached hydrogens (primary N) is 2. The van der Waals surface area contributed by atoms with Gasteiger partial charge in [0, 0.05) is 4.90 Å². The molecule has 0 saturated heterocycles. The maximum Gasteiger partial charge on any atom is 0.241 e. The number of benzene rings is 1. The highest BCUT2D eigenvalue weighted by atomic mass is 32.2. The first-order valence-electron chi connectivity index (χ1n) is 5.40. The van der Waals surface area contributed by atoms with E-state index in [1.807, 2.05) is 6.07 Å². The van der Waals surface area contributed by atoms with Crippen LogP contribution in [0.2, 0.25) is 0 Å². The molecule has 0 radical (unpaired) electrons. The van der Waals surface area contributed by atoms with Crippen molar-refractivity contribution in [2.24, 2.45) is 5.14 Å². The van der Waals surface area contributed by atoms with Gasteiger partial charge in [0.1, 0.15) is 11.0 Å². The molecule has 0 aliphatic rings. The van der Waals surface area contributed by atoms with Gasteiger partial charge in [-0.2, -0.15) is 5.26 Å². The summed E-state index contributed by atoms with van der Waals surface area (Å²) in [5.74, 6) is 0.819. The van der Waals surface area contributed by atoms with Gasteiger partial charge in [-0.25, -0.2) is 13.6 Å². The smallest absolute Gasteiger partial charge is 0.241 e. The summed E-state index contributed by atoms with van der Waals surface area (Å²) < 4.78 is 22.9. The molecule has 1 rings (SSSR count). The molecular weight excluding hydrogens is 270 g/mol. The molecule has 0 bridgehead atoms. The fourth-order valence-electron chi connectivity index (χ4n) is 1.44. The largest absolute Gasteiger partial charge is 0.398 e. The van der Waals surface area contributed by atoms with Crippen molar-refractivity contribution in [2.45, 2.75) is 29.6 Å². The number of anilines is 1. The second kappa shape index (κ2) is 6.09. The number of primary sulfonamides is 1. The topological polar surface area (TPSA) is 110 Å². The van der Waals surface area contributed by atoms with Crippen molar-refractivity contribution in [1.29, 1.82) is 5.26 Å². The molecule has 0 aliphatic carbocycles. The minimum absolute atomic E-state index is 0.00823. The van der Waals surface area contributed by atoms with Crippen LogP contribution in [0.5, 0.6) is 0 Å². The Morgan fingerprint density at radius 2 is 2.11 bits per heavy atom. The zero-order chi connectivity index (χ0) is 13.8. The van der Waals surface area contributed by atoms with Crippen LogP contribution in [0.4, 0.5) is 5.69 Å². The number of hydrogen-bond donors (Lipinski definition) is 2. The summed E-state index contributed by atoms with van der Waals surface area (Å²) in [7, 11) is -3.99. The summed E-state index contributed by atoms with van der Waals surface area (Å²) in [6.45, 7) is 2.06. The van der Waals surface area contributed by atoms with Gasteiger partial charge in [-0.1, -0.05) is 13.3 Å². The minimum atomic E-state index is -3.99. The number of hydrogen-bond acceptors (Lipinski definition) is 5. The van der Waals surface area contributed by atoms with Crippen LogP contribution in [0.1, 0.15) is 25.3 Å². The Hall–Kier alpha value is -1.23. The van der Waals surface area contributed by atoms with E-state index in [0.29, 0.717) is 4.90 Å². The number of unbranched alkanes of at least 4 members (excludes halogenated alkanes) is 1. The van der Waals surface area contributed by atoms with Gasteiger partial charge >= 0.3 is 0 Å². The fourth-order valence-corrected chi connectivity index (χ4v) is 3.45. The molecule has 5 nitrogen and oxygen atoms in total. The van der Waals surface area contributed by atoms with Crippen LogP contribution >= 0.6 is 11.8 Å². The highest BCUT2D eigenvalue weighted by molar-refractivity contribution is 7.99. The molecular formula is C11H15N3O2S2. The van der Waals surface area contributed by atoms with Gasteiger partial charge in [-0.3, -0.25) is 0 Å². The van der Waals surface area contributed by atoms with E-state index in [0.717, 1.165) is 18.6 Å². The normalized spacial score (nSPS) is 11.2. The molecule has 1 aromatic carbocycles. The first-order chi connectivity index (χ1) is 8.41. The molecule has 0 aliphatic heterocycles. The first-order valence-corrected chi connectivity index (χ1v) is 7.93. The fraction of sp³-hybridized carbons (Fsp3) is 0.364. The molecule has 18 heavy (non-hydrogen) atoms. The quantitative estimate of drug-likeness (QED) is 0.486. The molecule has 0 saturated carbocycles. The van der Waals surface area contributed by atoms with Crippen LogP contribution in [0.3, 0.4) is 0 Å². The van der Waals surface area contributed by atoms with Crippen LogP contribution in [0, 0.1) is 11.3 Å². The Kier molecular flexibility index (Phi) is 5.02. The lowest BCUT2D eigenvalue weighted by Gasteiger charge is -2.10. The zero-order valence-electron chi connectivity index (χ0n) is 10.0. The van der Waals surface area contributed by atoms with Crippen molar-refractivity contribution in [2.75, 3.05) is 11.5 Å². The van der Waals surface area contributed by atoms with E-state index >= 15 is 0 Å². The molecule has 4 N–H and O–H groups in total. The van der Waals surface area contributed by atoms with Crippen molar-refractivity contribution in [3.05, 3.63) is 17.7 Å². The third-order valence-corrected chi connectivity index (χ3v) is 4.45. The molecule has 0 spiro atoms. The highest BCUT2D eigenvalue weighted by Crippen LogP contribution is 2.31. The van der Waals surface area contributed by atoms with Gasteiger partial charge in [0.15, 0.2) is 0 Å². The average molecular weight is 285 g/mol. The zero-order valence-corrected chi connectivity index (χ0v) is 11.6. The van der Waals surface area contributed by atoms with Crippen LogP contribution in [0.15, 0.2) is 21.9 Å². The van der Waals surface area contributed by atoms with E-state index in [4.69, 9.17) is 16.1 Å². The summed E-state index contributed by atoms with van der Waals surface area (Å²) >= 11 is 1.44.